The van der Waals surface area contributed by atoms with Crippen LogP contribution >= 0.6 is 11.6 Å². The molecule has 1 aromatic carbocycles. The van der Waals surface area contributed by atoms with Gasteiger partial charge in [0.2, 0.25) is 11.9 Å². The number of aromatic nitrogens is 4. The number of hydrogen-bond donors (Lipinski definition) is 2. The average molecular weight is 331 g/mol. The van der Waals surface area contributed by atoms with Crippen molar-refractivity contribution >= 4 is 23.5 Å². The minimum atomic E-state index is -0.742. The van der Waals surface area contributed by atoms with Crippen LogP contribution in [-0.2, 0) is 0 Å². The van der Waals surface area contributed by atoms with Crippen molar-refractivity contribution in [1.82, 2.24) is 19.9 Å². The second-order valence-electron chi connectivity index (χ2n) is 4.50. The van der Waals surface area contributed by atoms with Gasteiger partial charge >= 0.3 is 0 Å². The van der Waals surface area contributed by atoms with E-state index in [2.05, 4.69) is 30.6 Å². The Kier molecular flexibility index (Phi) is 4.58. The molecule has 2 aromatic heterocycles. The molecule has 0 aliphatic carbocycles. The summed E-state index contributed by atoms with van der Waals surface area (Å²) in [5.74, 6) is 0.176. The zero-order chi connectivity index (χ0) is 16.1. The SMILES string of the molecule is Fc1cccc(Cl)c1C(Nc1ncccn1)Nc1ncccn1. The lowest BCUT2D eigenvalue weighted by molar-refractivity contribution is 0.601. The van der Waals surface area contributed by atoms with E-state index in [4.69, 9.17) is 11.6 Å². The average Bonchev–Trinajstić information content (AvgIpc) is 2.56. The molecule has 0 amide bonds. The Balaban J connectivity index is 1.96. The Hall–Kier alpha value is -2.80. The first-order chi connectivity index (χ1) is 11.2. The highest BCUT2D eigenvalue weighted by Crippen LogP contribution is 2.28. The number of benzene rings is 1. The molecule has 0 aliphatic rings. The first kappa shape index (κ1) is 15.1. The summed E-state index contributed by atoms with van der Waals surface area (Å²) < 4.78 is 14.3. The highest BCUT2D eigenvalue weighted by Gasteiger charge is 2.20. The van der Waals surface area contributed by atoms with Crippen LogP contribution in [0.2, 0.25) is 5.02 Å². The Bertz CT molecular complexity index is 710. The molecule has 3 aromatic rings. The highest BCUT2D eigenvalue weighted by atomic mass is 35.5. The zero-order valence-electron chi connectivity index (χ0n) is 11.8. The van der Waals surface area contributed by atoms with Gasteiger partial charge in [-0.05, 0) is 24.3 Å². The third-order valence-corrected chi connectivity index (χ3v) is 3.30. The lowest BCUT2D eigenvalue weighted by Crippen LogP contribution is -2.23. The summed E-state index contributed by atoms with van der Waals surface area (Å²) in [6, 6.07) is 7.84. The fraction of sp³-hybridized carbons (Fsp3) is 0.0667. The molecule has 0 spiro atoms. The van der Waals surface area contributed by atoms with Gasteiger partial charge in [-0.1, -0.05) is 17.7 Å². The maximum atomic E-state index is 14.3. The lowest BCUT2D eigenvalue weighted by Gasteiger charge is -2.21. The summed E-state index contributed by atoms with van der Waals surface area (Å²) in [6.45, 7) is 0. The molecule has 2 heterocycles. The van der Waals surface area contributed by atoms with Gasteiger partial charge in [0.15, 0.2) is 0 Å². The molecule has 8 heteroatoms. The standard InChI is InChI=1S/C15H12ClFN6/c16-10-4-1-5-11(17)12(10)13(22-14-18-6-2-7-19-14)23-15-20-8-3-9-21-15/h1-9,13H,(H,18,19,22)(H,20,21,23). The van der Waals surface area contributed by atoms with Gasteiger partial charge in [0.05, 0.1) is 5.02 Å². The molecule has 0 radical (unpaired) electrons. The second-order valence-corrected chi connectivity index (χ2v) is 4.91. The van der Waals surface area contributed by atoms with Crippen molar-refractivity contribution in [2.24, 2.45) is 0 Å². The molecular formula is C15H12ClFN6. The predicted molar refractivity (Wildman–Crippen MR) is 85.5 cm³/mol. The summed E-state index contributed by atoms with van der Waals surface area (Å²) in [5, 5.41) is 6.24. The summed E-state index contributed by atoms with van der Waals surface area (Å²) in [7, 11) is 0. The van der Waals surface area contributed by atoms with Crippen molar-refractivity contribution in [3.8, 4) is 0 Å². The monoisotopic (exact) mass is 330 g/mol. The second kappa shape index (κ2) is 6.97. The fourth-order valence-corrected chi connectivity index (χ4v) is 2.24. The number of hydrogen-bond acceptors (Lipinski definition) is 6. The Morgan fingerprint density at radius 3 is 1.83 bits per heavy atom. The molecular weight excluding hydrogens is 319 g/mol. The van der Waals surface area contributed by atoms with E-state index in [0.29, 0.717) is 11.9 Å². The molecule has 0 atom stereocenters. The van der Waals surface area contributed by atoms with Crippen LogP contribution in [0.25, 0.3) is 0 Å². The van der Waals surface area contributed by atoms with Gasteiger partial charge in [-0.25, -0.2) is 24.3 Å². The molecule has 0 bridgehead atoms. The molecule has 0 saturated heterocycles. The largest absolute Gasteiger partial charge is 0.330 e. The van der Waals surface area contributed by atoms with Gasteiger partial charge in [0, 0.05) is 30.4 Å². The van der Waals surface area contributed by atoms with E-state index in [0.717, 1.165) is 0 Å². The zero-order valence-corrected chi connectivity index (χ0v) is 12.6. The fourth-order valence-electron chi connectivity index (χ4n) is 1.97. The summed E-state index contributed by atoms with van der Waals surface area (Å²) in [5.41, 5.74) is 0.231. The van der Waals surface area contributed by atoms with Crippen LogP contribution in [-0.4, -0.2) is 19.9 Å². The minimum absolute atomic E-state index is 0.231. The van der Waals surface area contributed by atoms with Gasteiger partial charge in [-0.15, -0.1) is 0 Å². The van der Waals surface area contributed by atoms with E-state index in [9.17, 15) is 4.39 Å². The molecule has 0 unspecified atom stereocenters. The number of nitrogens with one attached hydrogen (secondary N) is 2. The molecule has 0 fully saturated rings. The van der Waals surface area contributed by atoms with Crippen LogP contribution in [0.15, 0.2) is 55.1 Å². The van der Waals surface area contributed by atoms with E-state index in [1.165, 1.54) is 12.1 Å². The normalized spacial score (nSPS) is 10.6. The number of anilines is 2. The number of nitrogens with zero attached hydrogens (tertiary/aromatic N) is 4. The molecule has 0 aliphatic heterocycles. The lowest BCUT2D eigenvalue weighted by atomic mass is 10.1. The topological polar surface area (TPSA) is 75.6 Å². The Morgan fingerprint density at radius 2 is 1.35 bits per heavy atom. The van der Waals surface area contributed by atoms with Crippen LogP contribution in [0.5, 0.6) is 0 Å². The van der Waals surface area contributed by atoms with Gasteiger partial charge in [0.1, 0.15) is 12.0 Å². The van der Waals surface area contributed by atoms with E-state index in [1.54, 1.807) is 43.0 Å². The van der Waals surface area contributed by atoms with Gasteiger partial charge in [0.25, 0.3) is 0 Å². The van der Waals surface area contributed by atoms with Gasteiger partial charge in [-0.3, -0.25) is 0 Å². The highest BCUT2D eigenvalue weighted by molar-refractivity contribution is 6.31. The van der Waals surface area contributed by atoms with Crippen LogP contribution in [0.3, 0.4) is 0 Å². The Labute approximate surface area is 136 Å². The van der Waals surface area contributed by atoms with Crippen molar-refractivity contribution in [1.29, 1.82) is 0 Å². The van der Waals surface area contributed by atoms with Crippen molar-refractivity contribution in [2.45, 2.75) is 6.17 Å². The van der Waals surface area contributed by atoms with Gasteiger partial charge < -0.3 is 10.6 Å². The van der Waals surface area contributed by atoms with Crippen LogP contribution in [0, 0.1) is 5.82 Å². The number of rotatable bonds is 5. The summed E-state index contributed by atoms with van der Waals surface area (Å²) in [4.78, 5) is 16.3. The smallest absolute Gasteiger partial charge is 0.224 e. The number of halogens is 2. The Morgan fingerprint density at radius 1 is 0.826 bits per heavy atom. The maximum absolute atomic E-state index is 14.3. The first-order valence-electron chi connectivity index (χ1n) is 6.75. The van der Waals surface area contributed by atoms with Gasteiger partial charge in [-0.2, -0.15) is 0 Å². The van der Waals surface area contributed by atoms with Crippen molar-refractivity contribution in [3.05, 3.63) is 71.5 Å². The van der Waals surface area contributed by atoms with Crippen molar-refractivity contribution in [2.75, 3.05) is 10.6 Å². The van der Waals surface area contributed by atoms with E-state index in [-0.39, 0.29) is 10.6 Å². The first-order valence-corrected chi connectivity index (χ1v) is 7.13. The summed E-state index contributed by atoms with van der Waals surface area (Å²) in [6.07, 6.45) is 5.57. The van der Waals surface area contributed by atoms with Crippen molar-refractivity contribution < 1.29 is 4.39 Å². The molecule has 23 heavy (non-hydrogen) atoms. The van der Waals surface area contributed by atoms with Crippen molar-refractivity contribution in [3.63, 3.8) is 0 Å². The van der Waals surface area contributed by atoms with E-state index >= 15 is 0 Å². The third kappa shape index (κ3) is 3.70. The molecule has 6 nitrogen and oxygen atoms in total. The molecule has 0 saturated carbocycles. The summed E-state index contributed by atoms with van der Waals surface area (Å²) >= 11 is 6.16. The van der Waals surface area contributed by atoms with E-state index in [1.807, 2.05) is 0 Å². The molecule has 2 N–H and O–H groups in total. The maximum Gasteiger partial charge on any atom is 0.224 e. The van der Waals surface area contributed by atoms with Crippen LogP contribution in [0.1, 0.15) is 11.7 Å². The third-order valence-electron chi connectivity index (χ3n) is 2.97. The van der Waals surface area contributed by atoms with Crippen LogP contribution < -0.4 is 10.6 Å². The van der Waals surface area contributed by atoms with E-state index < -0.39 is 12.0 Å². The molecule has 3 rings (SSSR count). The van der Waals surface area contributed by atoms with Crippen LogP contribution in [0.4, 0.5) is 16.3 Å². The molecule has 116 valence electrons. The minimum Gasteiger partial charge on any atom is -0.330 e. The quantitative estimate of drug-likeness (QED) is 0.699. The predicted octanol–water partition coefficient (Wildman–Crippen LogP) is 3.28.